The Bertz CT molecular complexity index is 756. The Labute approximate surface area is 136 Å². The summed E-state index contributed by atoms with van der Waals surface area (Å²) in [6.45, 7) is 5.71. The van der Waals surface area contributed by atoms with E-state index in [4.69, 9.17) is 4.74 Å². The summed E-state index contributed by atoms with van der Waals surface area (Å²) >= 11 is 0. The molecule has 3 rings (SSSR count). The molecule has 1 unspecified atom stereocenters. The van der Waals surface area contributed by atoms with Crippen molar-refractivity contribution in [2.75, 3.05) is 25.6 Å². The number of ether oxygens (including phenoxy) is 1. The number of rotatable bonds is 3. The van der Waals surface area contributed by atoms with E-state index in [-0.39, 0.29) is 11.0 Å². The SMILES string of the molecule is CNc1cc(-c2c[nH]c(=O)c(C3(C)CCOC[C@@H]3C)c2)ccn1. The Morgan fingerprint density at radius 3 is 2.96 bits per heavy atom. The number of aromatic amines is 1. The van der Waals surface area contributed by atoms with Gasteiger partial charge >= 0.3 is 0 Å². The third kappa shape index (κ3) is 2.88. The van der Waals surface area contributed by atoms with E-state index in [9.17, 15) is 4.79 Å². The lowest BCUT2D eigenvalue weighted by atomic mass is 9.69. The Morgan fingerprint density at radius 2 is 2.22 bits per heavy atom. The van der Waals surface area contributed by atoms with Gasteiger partial charge in [0.2, 0.25) is 0 Å². The second kappa shape index (κ2) is 6.16. The maximum absolute atomic E-state index is 12.5. The second-order valence-corrected chi connectivity index (χ2v) is 6.45. The Kier molecular flexibility index (Phi) is 4.22. The third-order valence-electron chi connectivity index (χ3n) is 5.09. The molecular weight excluding hydrogens is 290 g/mol. The summed E-state index contributed by atoms with van der Waals surface area (Å²) in [5.41, 5.74) is 2.70. The largest absolute Gasteiger partial charge is 0.381 e. The smallest absolute Gasteiger partial charge is 0.251 e. The van der Waals surface area contributed by atoms with Gasteiger partial charge in [0.1, 0.15) is 5.82 Å². The van der Waals surface area contributed by atoms with Crippen LogP contribution in [0.25, 0.3) is 11.1 Å². The van der Waals surface area contributed by atoms with Crippen molar-refractivity contribution in [3.8, 4) is 11.1 Å². The van der Waals surface area contributed by atoms with E-state index < -0.39 is 0 Å². The Morgan fingerprint density at radius 1 is 1.39 bits per heavy atom. The van der Waals surface area contributed by atoms with E-state index in [0.29, 0.717) is 19.1 Å². The van der Waals surface area contributed by atoms with E-state index in [1.807, 2.05) is 25.2 Å². The van der Waals surface area contributed by atoms with E-state index >= 15 is 0 Å². The van der Waals surface area contributed by atoms with Crippen LogP contribution in [0.1, 0.15) is 25.8 Å². The van der Waals surface area contributed by atoms with Crippen LogP contribution < -0.4 is 10.9 Å². The molecule has 2 aromatic rings. The number of nitrogens with one attached hydrogen (secondary N) is 2. The zero-order chi connectivity index (χ0) is 16.4. The normalized spacial score (nSPS) is 24.4. The van der Waals surface area contributed by atoms with Crippen molar-refractivity contribution in [3.05, 3.63) is 46.5 Å². The molecular formula is C18H23N3O2. The predicted octanol–water partition coefficient (Wildman–Crippen LogP) is 2.79. The van der Waals surface area contributed by atoms with E-state index in [2.05, 4.69) is 29.1 Å². The molecule has 1 aliphatic rings. The number of hydrogen-bond donors (Lipinski definition) is 2. The minimum absolute atomic E-state index is 0.00658. The topological polar surface area (TPSA) is 67.0 Å². The minimum atomic E-state index is -0.166. The summed E-state index contributed by atoms with van der Waals surface area (Å²) in [5, 5.41) is 3.04. The average molecular weight is 313 g/mol. The van der Waals surface area contributed by atoms with E-state index in [1.165, 1.54) is 0 Å². The first-order chi connectivity index (χ1) is 11.0. The lowest BCUT2D eigenvalue weighted by molar-refractivity contribution is 0.0120. The fraction of sp³-hybridized carbons (Fsp3) is 0.444. The highest BCUT2D eigenvalue weighted by Crippen LogP contribution is 2.38. The second-order valence-electron chi connectivity index (χ2n) is 6.45. The standard InChI is InChI=1S/C18H23N3O2/c1-12-11-23-7-5-18(12,2)15-8-14(10-21-17(15)22)13-4-6-20-16(9-13)19-3/h4,6,8-10,12H,5,7,11H2,1-3H3,(H,19,20)(H,21,22)/t12-,18?/m0/s1. The predicted molar refractivity (Wildman–Crippen MR) is 91.8 cm³/mol. The molecule has 1 saturated heterocycles. The van der Waals surface area contributed by atoms with Gasteiger partial charge in [-0.3, -0.25) is 4.79 Å². The van der Waals surface area contributed by atoms with Crippen LogP contribution in [0.2, 0.25) is 0 Å². The van der Waals surface area contributed by atoms with E-state index in [1.54, 1.807) is 12.4 Å². The number of nitrogens with zero attached hydrogens (tertiary/aromatic N) is 1. The van der Waals surface area contributed by atoms with Crippen LogP contribution in [-0.4, -0.2) is 30.2 Å². The molecule has 0 spiro atoms. The molecule has 122 valence electrons. The van der Waals surface area contributed by atoms with Gasteiger partial charge in [-0.05, 0) is 41.7 Å². The highest BCUT2D eigenvalue weighted by atomic mass is 16.5. The lowest BCUT2D eigenvalue weighted by Crippen LogP contribution is -2.42. The maximum Gasteiger partial charge on any atom is 0.251 e. The number of aromatic nitrogens is 2. The van der Waals surface area contributed by atoms with Crippen LogP contribution in [0.15, 0.2) is 35.4 Å². The molecule has 2 N–H and O–H groups in total. The van der Waals surface area contributed by atoms with Crippen molar-refractivity contribution in [1.29, 1.82) is 0 Å². The fourth-order valence-corrected chi connectivity index (χ4v) is 3.20. The number of anilines is 1. The van der Waals surface area contributed by atoms with Gasteiger partial charge in [0.05, 0.1) is 0 Å². The van der Waals surface area contributed by atoms with Crippen LogP contribution in [0.3, 0.4) is 0 Å². The Hall–Kier alpha value is -2.14. The third-order valence-corrected chi connectivity index (χ3v) is 5.09. The summed E-state index contributed by atoms with van der Waals surface area (Å²) in [5.74, 6) is 1.11. The summed E-state index contributed by atoms with van der Waals surface area (Å²) in [4.78, 5) is 19.6. The number of pyridine rings is 2. The fourth-order valence-electron chi connectivity index (χ4n) is 3.20. The molecule has 0 radical (unpaired) electrons. The van der Waals surface area contributed by atoms with Gasteiger partial charge in [0, 0.05) is 43.6 Å². The van der Waals surface area contributed by atoms with Gasteiger partial charge in [-0.25, -0.2) is 4.98 Å². The highest BCUT2D eigenvalue weighted by molar-refractivity contribution is 5.66. The van der Waals surface area contributed by atoms with Gasteiger partial charge < -0.3 is 15.0 Å². The van der Waals surface area contributed by atoms with Gasteiger partial charge in [0.25, 0.3) is 5.56 Å². The molecule has 1 fully saturated rings. The van der Waals surface area contributed by atoms with Crippen molar-refractivity contribution in [2.45, 2.75) is 25.7 Å². The average Bonchev–Trinajstić information content (AvgIpc) is 2.58. The van der Waals surface area contributed by atoms with Crippen LogP contribution in [0.5, 0.6) is 0 Å². The van der Waals surface area contributed by atoms with Gasteiger partial charge in [-0.1, -0.05) is 13.8 Å². The summed E-state index contributed by atoms with van der Waals surface area (Å²) in [6.07, 6.45) is 4.40. The van der Waals surface area contributed by atoms with Crippen molar-refractivity contribution in [3.63, 3.8) is 0 Å². The minimum Gasteiger partial charge on any atom is -0.381 e. The first-order valence-corrected chi connectivity index (χ1v) is 8.00. The first-order valence-electron chi connectivity index (χ1n) is 8.00. The first kappa shape index (κ1) is 15.7. The molecule has 1 aliphatic heterocycles. The monoisotopic (exact) mass is 313 g/mol. The molecule has 0 saturated carbocycles. The van der Waals surface area contributed by atoms with Crippen molar-refractivity contribution in [1.82, 2.24) is 9.97 Å². The molecule has 2 atom stereocenters. The Balaban J connectivity index is 2.07. The molecule has 2 aromatic heterocycles. The van der Waals surface area contributed by atoms with Crippen LogP contribution >= 0.6 is 0 Å². The molecule has 23 heavy (non-hydrogen) atoms. The summed E-state index contributed by atoms with van der Waals surface area (Å²) in [6, 6.07) is 5.95. The van der Waals surface area contributed by atoms with Crippen molar-refractivity contribution >= 4 is 5.82 Å². The maximum atomic E-state index is 12.5. The van der Waals surface area contributed by atoms with E-state index in [0.717, 1.165) is 28.9 Å². The molecule has 0 aromatic carbocycles. The summed E-state index contributed by atoms with van der Waals surface area (Å²) < 4.78 is 5.55. The van der Waals surface area contributed by atoms with Crippen LogP contribution in [0, 0.1) is 5.92 Å². The number of H-pyrrole nitrogens is 1. The molecule has 5 nitrogen and oxygen atoms in total. The summed E-state index contributed by atoms with van der Waals surface area (Å²) in [7, 11) is 1.84. The van der Waals surface area contributed by atoms with Gasteiger partial charge in [-0.15, -0.1) is 0 Å². The molecule has 0 aliphatic carbocycles. The van der Waals surface area contributed by atoms with Crippen molar-refractivity contribution < 1.29 is 4.74 Å². The quantitative estimate of drug-likeness (QED) is 0.914. The molecule has 0 amide bonds. The van der Waals surface area contributed by atoms with Crippen LogP contribution in [0.4, 0.5) is 5.82 Å². The molecule has 3 heterocycles. The molecule has 0 bridgehead atoms. The highest BCUT2D eigenvalue weighted by Gasteiger charge is 2.38. The van der Waals surface area contributed by atoms with Gasteiger partial charge in [-0.2, -0.15) is 0 Å². The lowest BCUT2D eigenvalue weighted by Gasteiger charge is -2.39. The zero-order valence-electron chi connectivity index (χ0n) is 13.8. The van der Waals surface area contributed by atoms with Gasteiger partial charge in [0.15, 0.2) is 0 Å². The zero-order valence-corrected chi connectivity index (χ0v) is 13.8. The van der Waals surface area contributed by atoms with Crippen molar-refractivity contribution in [2.24, 2.45) is 5.92 Å². The molecule has 5 heteroatoms. The van der Waals surface area contributed by atoms with Crippen LogP contribution in [-0.2, 0) is 10.2 Å². The number of hydrogen-bond acceptors (Lipinski definition) is 4.